The van der Waals surface area contributed by atoms with Gasteiger partial charge in [0, 0.05) is 23.0 Å². The minimum Gasteiger partial charge on any atom is -0.332 e. The van der Waals surface area contributed by atoms with Crippen LogP contribution in [0.2, 0.25) is 5.02 Å². The van der Waals surface area contributed by atoms with Gasteiger partial charge in [0.15, 0.2) is 0 Å². The first-order valence-corrected chi connectivity index (χ1v) is 6.92. The molecular weight excluding hydrogens is 286 g/mol. The van der Waals surface area contributed by atoms with Crippen LogP contribution in [0, 0.1) is 11.3 Å². The van der Waals surface area contributed by atoms with Crippen LogP contribution in [0.3, 0.4) is 0 Å². The number of nitrogens with one attached hydrogen (secondary N) is 1. The Balaban J connectivity index is 2.23. The van der Waals surface area contributed by atoms with Gasteiger partial charge in [-0.15, -0.1) is 0 Å². The van der Waals surface area contributed by atoms with E-state index in [4.69, 9.17) is 11.6 Å². The van der Waals surface area contributed by atoms with Crippen molar-refractivity contribution in [2.45, 2.75) is 19.4 Å². The summed E-state index contributed by atoms with van der Waals surface area (Å²) in [6.07, 6.45) is 3.93. The third kappa shape index (κ3) is 3.59. The van der Waals surface area contributed by atoms with Crippen LogP contribution < -0.4 is 5.32 Å². The number of carbonyl (C=O) groups excluding carboxylic acids is 1. The summed E-state index contributed by atoms with van der Waals surface area (Å²) in [7, 11) is 0. The molecule has 21 heavy (non-hydrogen) atoms. The quantitative estimate of drug-likeness (QED) is 0.942. The molecule has 1 atom stereocenters. The fourth-order valence-electron chi connectivity index (χ4n) is 2.02. The predicted octanol–water partition coefficient (Wildman–Crippen LogP) is 3.29. The summed E-state index contributed by atoms with van der Waals surface area (Å²) in [6, 6.07) is 9.89. The van der Waals surface area contributed by atoms with Gasteiger partial charge in [-0.05, 0) is 35.7 Å². The Bertz CT molecular complexity index is 694. The van der Waals surface area contributed by atoms with Gasteiger partial charge in [0.05, 0.1) is 6.07 Å². The molecule has 4 nitrogen and oxygen atoms in total. The molecule has 0 aliphatic rings. The predicted molar refractivity (Wildman–Crippen MR) is 80.9 cm³/mol. The molecule has 106 valence electrons. The van der Waals surface area contributed by atoms with Crippen molar-refractivity contribution in [2.24, 2.45) is 0 Å². The molecule has 0 saturated heterocycles. The third-order valence-corrected chi connectivity index (χ3v) is 3.35. The van der Waals surface area contributed by atoms with E-state index in [0.29, 0.717) is 22.6 Å². The number of hydrogen-bond acceptors (Lipinski definition) is 3. The van der Waals surface area contributed by atoms with Crippen LogP contribution in [0.1, 0.15) is 34.5 Å². The van der Waals surface area contributed by atoms with E-state index in [2.05, 4.69) is 16.4 Å². The van der Waals surface area contributed by atoms with Gasteiger partial charge >= 0.3 is 0 Å². The molecule has 1 amide bonds. The van der Waals surface area contributed by atoms with Crippen LogP contribution in [0.4, 0.5) is 0 Å². The van der Waals surface area contributed by atoms with Gasteiger partial charge in [0.1, 0.15) is 6.04 Å². The molecule has 0 aliphatic heterocycles. The second-order valence-corrected chi connectivity index (χ2v) is 4.91. The molecular formula is C16H14ClN3O. The van der Waals surface area contributed by atoms with Crippen molar-refractivity contribution in [2.75, 3.05) is 0 Å². The number of halogens is 1. The Morgan fingerprint density at radius 3 is 2.95 bits per heavy atom. The number of pyridine rings is 1. The number of benzene rings is 1. The molecule has 1 N–H and O–H groups in total. The molecule has 0 saturated carbocycles. The van der Waals surface area contributed by atoms with Crippen LogP contribution in [0.15, 0.2) is 42.7 Å². The van der Waals surface area contributed by atoms with Gasteiger partial charge in [-0.25, -0.2) is 0 Å². The highest BCUT2D eigenvalue weighted by Crippen LogP contribution is 2.18. The SMILES string of the molecule is CCc1cnccc1C(=O)N[C@H](C#N)c1cccc(Cl)c1. The lowest BCUT2D eigenvalue weighted by molar-refractivity contribution is 0.0944. The largest absolute Gasteiger partial charge is 0.332 e. The Kier molecular flexibility index (Phi) is 4.91. The number of hydrogen-bond donors (Lipinski definition) is 1. The van der Waals surface area contributed by atoms with Gasteiger partial charge in [-0.1, -0.05) is 30.7 Å². The van der Waals surface area contributed by atoms with Crippen molar-refractivity contribution >= 4 is 17.5 Å². The first-order valence-electron chi connectivity index (χ1n) is 6.54. The molecule has 0 radical (unpaired) electrons. The molecule has 0 bridgehead atoms. The van der Waals surface area contributed by atoms with Crippen LogP contribution in [0.25, 0.3) is 0 Å². The topological polar surface area (TPSA) is 65.8 Å². The molecule has 1 heterocycles. The fourth-order valence-corrected chi connectivity index (χ4v) is 2.21. The van der Waals surface area contributed by atoms with Gasteiger partial charge in [-0.2, -0.15) is 5.26 Å². The van der Waals surface area contributed by atoms with E-state index >= 15 is 0 Å². The highest BCUT2D eigenvalue weighted by atomic mass is 35.5. The van der Waals surface area contributed by atoms with Crippen molar-refractivity contribution < 1.29 is 4.79 Å². The van der Waals surface area contributed by atoms with Crippen LogP contribution in [-0.2, 0) is 6.42 Å². The molecule has 0 fully saturated rings. The van der Waals surface area contributed by atoms with E-state index in [1.165, 1.54) is 0 Å². The standard InChI is InChI=1S/C16H14ClN3O/c1-2-11-10-19-7-6-14(11)16(21)20-15(9-18)12-4-3-5-13(17)8-12/h3-8,10,15H,2H2,1H3,(H,20,21)/t15-/m1/s1. The molecule has 0 spiro atoms. The molecule has 0 aliphatic carbocycles. The average molecular weight is 300 g/mol. The highest BCUT2D eigenvalue weighted by Gasteiger charge is 2.17. The van der Waals surface area contributed by atoms with Crippen LogP contribution in [0.5, 0.6) is 0 Å². The first kappa shape index (κ1) is 15.0. The van der Waals surface area contributed by atoms with E-state index in [-0.39, 0.29) is 5.91 Å². The summed E-state index contributed by atoms with van der Waals surface area (Å²) in [5, 5.41) is 12.5. The number of nitrogens with zero attached hydrogens (tertiary/aromatic N) is 2. The molecule has 0 unspecified atom stereocenters. The zero-order valence-electron chi connectivity index (χ0n) is 11.5. The Morgan fingerprint density at radius 2 is 2.29 bits per heavy atom. The number of carbonyl (C=O) groups is 1. The third-order valence-electron chi connectivity index (χ3n) is 3.12. The zero-order chi connectivity index (χ0) is 15.2. The number of aryl methyl sites for hydroxylation is 1. The Hall–Kier alpha value is -2.38. The summed E-state index contributed by atoms with van der Waals surface area (Å²) in [5.41, 5.74) is 2.04. The van der Waals surface area contributed by atoms with Gasteiger partial charge in [0.25, 0.3) is 5.91 Å². The van der Waals surface area contributed by atoms with Crippen molar-refractivity contribution in [1.82, 2.24) is 10.3 Å². The molecule has 1 aromatic heterocycles. The molecule has 2 rings (SSSR count). The molecule has 1 aromatic carbocycles. The second-order valence-electron chi connectivity index (χ2n) is 4.48. The second kappa shape index (κ2) is 6.87. The monoisotopic (exact) mass is 299 g/mol. The number of rotatable bonds is 4. The first-order chi connectivity index (χ1) is 10.2. The van der Waals surface area contributed by atoms with Crippen LogP contribution in [-0.4, -0.2) is 10.9 Å². The maximum Gasteiger partial charge on any atom is 0.252 e. The van der Waals surface area contributed by atoms with Gasteiger partial charge < -0.3 is 5.32 Å². The van der Waals surface area contributed by atoms with Gasteiger partial charge in [0.2, 0.25) is 0 Å². The van der Waals surface area contributed by atoms with Gasteiger partial charge in [-0.3, -0.25) is 9.78 Å². The minimum atomic E-state index is -0.742. The van der Waals surface area contributed by atoms with E-state index in [1.807, 2.05) is 6.92 Å². The lowest BCUT2D eigenvalue weighted by Crippen LogP contribution is -2.28. The van der Waals surface area contributed by atoms with Crippen molar-refractivity contribution in [3.63, 3.8) is 0 Å². The minimum absolute atomic E-state index is 0.291. The summed E-state index contributed by atoms with van der Waals surface area (Å²) in [4.78, 5) is 16.3. The highest BCUT2D eigenvalue weighted by molar-refractivity contribution is 6.30. The summed E-state index contributed by atoms with van der Waals surface area (Å²) in [6.45, 7) is 1.95. The van der Waals surface area contributed by atoms with E-state index in [1.54, 1.807) is 42.7 Å². The normalized spacial score (nSPS) is 11.5. The maximum atomic E-state index is 12.3. The smallest absolute Gasteiger partial charge is 0.252 e. The molecule has 5 heteroatoms. The Labute approximate surface area is 128 Å². The summed E-state index contributed by atoms with van der Waals surface area (Å²) >= 11 is 5.92. The summed E-state index contributed by atoms with van der Waals surface area (Å²) < 4.78 is 0. The number of nitriles is 1. The van der Waals surface area contributed by atoms with Crippen LogP contribution >= 0.6 is 11.6 Å². The van der Waals surface area contributed by atoms with E-state index < -0.39 is 6.04 Å². The van der Waals surface area contributed by atoms with Crippen molar-refractivity contribution in [1.29, 1.82) is 5.26 Å². The lowest BCUT2D eigenvalue weighted by atomic mass is 10.1. The Morgan fingerprint density at radius 1 is 1.48 bits per heavy atom. The van der Waals surface area contributed by atoms with E-state index in [9.17, 15) is 10.1 Å². The molecule has 2 aromatic rings. The number of aromatic nitrogens is 1. The summed E-state index contributed by atoms with van der Waals surface area (Å²) in [5.74, 6) is -0.291. The van der Waals surface area contributed by atoms with Crippen molar-refractivity contribution in [3.8, 4) is 6.07 Å². The number of amides is 1. The lowest BCUT2D eigenvalue weighted by Gasteiger charge is -2.13. The van der Waals surface area contributed by atoms with E-state index in [0.717, 1.165) is 5.56 Å². The zero-order valence-corrected chi connectivity index (χ0v) is 12.3. The average Bonchev–Trinajstić information content (AvgIpc) is 2.52. The maximum absolute atomic E-state index is 12.3. The fraction of sp³-hybridized carbons (Fsp3) is 0.188. The van der Waals surface area contributed by atoms with Crippen molar-refractivity contribution in [3.05, 3.63) is 64.4 Å².